The first-order chi connectivity index (χ1) is 15.4. The number of nitrogens with one attached hydrogen (secondary N) is 2. The lowest BCUT2D eigenvalue weighted by Gasteiger charge is -2.21. The van der Waals surface area contributed by atoms with E-state index in [2.05, 4.69) is 42.9 Å². The third kappa shape index (κ3) is 5.82. The molecule has 0 saturated heterocycles. The highest BCUT2D eigenvalue weighted by Gasteiger charge is 2.21. The summed E-state index contributed by atoms with van der Waals surface area (Å²) in [6.07, 6.45) is 0. The fourth-order valence-electron chi connectivity index (χ4n) is 3.55. The van der Waals surface area contributed by atoms with Gasteiger partial charge in [0, 0.05) is 5.56 Å². The SMILES string of the molecule is Cc1ccccc1NS(=O)(=O)c1cc(C(=O)N[C@@H](C)c2ccc(C(C)(C)C)cc2)ccc1C. The molecule has 0 aliphatic rings. The summed E-state index contributed by atoms with van der Waals surface area (Å²) in [6.45, 7) is 11.9. The van der Waals surface area contributed by atoms with Gasteiger partial charge < -0.3 is 5.32 Å². The summed E-state index contributed by atoms with van der Waals surface area (Å²) in [4.78, 5) is 13.0. The number of anilines is 1. The van der Waals surface area contributed by atoms with Crippen molar-refractivity contribution in [2.24, 2.45) is 0 Å². The Labute approximate surface area is 197 Å². The molecule has 3 aromatic rings. The van der Waals surface area contributed by atoms with E-state index >= 15 is 0 Å². The van der Waals surface area contributed by atoms with Crippen LogP contribution >= 0.6 is 0 Å². The van der Waals surface area contributed by atoms with Crippen LogP contribution in [0.4, 0.5) is 5.69 Å². The maximum Gasteiger partial charge on any atom is 0.262 e. The number of carbonyl (C=O) groups excluding carboxylic acids is 1. The topological polar surface area (TPSA) is 75.3 Å². The van der Waals surface area contributed by atoms with E-state index in [-0.39, 0.29) is 22.3 Å². The molecule has 0 spiro atoms. The summed E-state index contributed by atoms with van der Waals surface area (Å²) in [6, 6.07) is 19.9. The zero-order chi connectivity index (χ0) is 24.4. The molecule has 3 rings (SSSR count). The van der Waals surface area contributed by atoms with Crippen LogP contribution in [0.3, 0.4) is 0 Å². The Morgan fingerprint density at radius 2 is 1.52 bits per heavy atom. The average molecular weight is 465 g/mol. The quantitative estimate of drug-likeness (QED) is 0.477. The average Bonchev–Trinajstić information content (AvgIpc) is 2.74. The van der Waals surface area contributed by atoms with Crippen LogP contribution in [-0.4, -0.2) is 14.3 Å². The molecule has 0 heterocycles. The second kappa shape index (κ2) is 9.40. The van der Waals surface area contributed by atoms with Gasteiger partial charge >= 0.3 is 0 Å². The van der Waals surface area contributed by atoms with Crippen molar-refractivity contribution in [3.8, 4) is 0 Å². The molecule has 0 aliphatic heterocycles. The minimum atomic E-state index is -3.85. The highest BCUT2D eigenvalue weighted by Crippen LogP contribution is 2.25. The van der Waals surface area contributed by atoms with Gasteiger partial charge in [0.2, 0.25) is 0 Å². The van der Waals surface area contributed by atoms with Gasteiger partial charge in [-0.05, 0) is 66.6 Å². The molecular formula is C27H32N2O3S. The molecule has 0 bridgehead atoms. The first-order valence-corrected chi connectivity index (χ1v) is 12.5. The molecule has 6 heteroatoms. The Morgan fingerprint density at radius 3 is 2.12 bits per heavy atom. The third-order valence-corrected chi connectivity index (χ3v) is 7.26. The molecule has 33 heavy (non-hydrogen) atoms. The van der Waals surface area contributed by atoms with E-state index in [0.29, 0.717) is 16.8 Å². The summed E-state index contributed by atoms with van der Waals surface area (Å²) in [5, 5.41) is 2.97. The number of para-hydroxylation sites is 1. The largest absolute Gasteiger partial charge is 0.346 e. The first kappa shape index (κ1) is 24.5. The van der Waals surface area contributed by atoms with Crippen LogP contribution in [-0.2, 0) is 15.4 Å². The van der Waals surface area contributed by atoms with Crippen molar-refractivity contribution < 1.29 is 13.2 Å². The minimum Gasteiger partial charge on any atom is -0.346 e. The molecular weight excluding hydrogens is 432 g/mol. The summed E-state index contributed by atoms with van der Waals surface area (Å²) >= 11 is 0. The molecule has 1 atom stereocenters. The Morgan fingerprint density at radius 1 is 0.879 bits per heavy atom. The number of sulfonamides is 1. The van der Waals surface area contributed by atoms with E-state index in [1.165, 1.54) is 11.6 Å². The Bertz CT molecular complexity index is 1260. The van der Waals surface area contributed by atoms with E-state index < -0.39 is 10.0 Å². The van der Waals surface area contributed by atoms with Crippen LogP contribution in [0.15, 0.2) is 71.6 Å². The van der Waals surface area contributed by atoms with Gasteiger partial charge in [-0.2, -0.15) is 0 Å². The van der Waals surface area contributed by atoms with E-state index in [4.69, 9.17) is 0 Å². The number of benzene rings is 3. The van der Waals surface area contributed by atoms with E-state index in [9.17, 15) is 13.2 Å². The third-order valence-electron chi connectivity index (χ3n) is 5.75. The van der Waals surface area contributed by atoms with Gasteiger partial charge in [-0.3, -0.25) is 9.52 Å². The number of carbonyl (C=O) groups is 1. The van der Waals surface area contributed by atoms with Crippen molar-refractivity contribution in [2.45, 2.75) is 57.9 Å². The second-order valence-electron chi connectivity index (χ2n) is 9.47. The lowest BCUT2D eigenvalue weighted by atomic mass is 9.86. The maximum atomic E-state index is 13.1. The summed E-state index contributed by atoms with van der Waals surface area (Å²) in [5.41, 5.74) is 4.46. The minimum absolute atomic E-state index is 0.0567. The maximum absolute atomic E-state index is 13.1. The lowest BCUT2D eigenvalue weighted by Crippen LogP contribution is -2.27. The van der Waals surface area contributed by atoms with Crippen molar-refractivity contribution in [3.63, 3.8) is 0 Å². The molecule has 5 nitrogen and oxygen atoms in total. The zero-order valence-corrected chi connectivity index (χ0v) is 20.9. The van der Waals surface area contributed by atoms with Gasteiger partial charge in [0.25, 0.3) is 15.9 Å². The second-order valence-corrected chi connectivity index (χ2v) is 11.1. The summed E-state index contributed by atoms with van der Waals surface area (Å²) in [5.74, 6) is -0.324. The van der Waals surface area contributed by atoms with Gasteiger partial charge in [-0.15, -0.1) is 0 Å². The van der Waals surface area contributed by atoms with Crippen molar-refractivity contribution in [3.05, 3.63) is 94.5 Å². The molecule has 0 fully saturated rings. The molecule has 0 unspecified atom stereocenters. The first-order valence-electron chi connectivity index (χ1n) is 11.0. The van der Waals surface area contributed by atoms with Crippen LogP contribution in [0.1, 0.15) is 66.3 Å². The van der Waals surface area contributed by atoms with Crippen molar-refractivity contribution in [1.82, 2.24) is 5.32 Å². The molecule has 2 N–H and O–H groups in total. The van der Waals surface area contributed by atoms with Gasteiger partial charge in [-0.25, -0.2) is 8.42 Å². The smallest absolute Gasteiger partial charge is 0.262 e. The standard InChI is InChI=1S/C27H32N2O3S/c1-18-9-7-8-10-24(18)29-33(31,32)25-17-22(12-11-19(25)2)26(30)28-20(3)21-13-15-23(16-14-21)27(4,5)6/h7-17,20,29H,1-6H3,(H,28,30)/t20-/m0/s1. The lowest BCUT2D eigenvalue weighted by molar-refractivity contribution is 0.0939. The normalized spacial score (nSPS) is 12.8. The van der Waals surface area contributed by atoms with Gasteiger partial charge in [0.15, 0.2) is 0 Å². The van der Waals surface area contributed by atoms with E-state index in [1.54, 1.807) is 31.2 Å². The fraction of sp³-hybridized carbons (Fsp3) is 0.296. The highest BCUT2D eigenvalue weighted by atomic mass is 32.2. The van der Waals surface area contributed by atoms with E-state index in [1.807, 2.05) is 38.1 Å². The highest BCUT2D eigenvalue weighted by molar-refractivity contribution is 7.92. The van der Waals surface area contributed by atoms with Crippen LogP contribution < -0.4 is 10.0 Å². The monoisotopic (exact) mass is 464 g/mol. The van der Waals surface area contributed by atoms with Crippen LogP contribution in [0.25, 0.3) is 0 Å². The number of hydrogen-bond acceptors (Lipinski definition) is 3. The van der Waals surface area contributed by atoms with E-state index in [0.717, 1.165) is 11.1 Å². The van der Waals surface area contributed by atoms with Crippen molar-refractivity contribution >= 4 is 21.6 Å². The van der Waals surface area contributed by atoms with Crippen LogP contribution in [0.2, 0.25) is 0 Å². The fourth-order valence-corrected chi connectivity index (χ4v) is 4.96. The Hall–Kier alpha value is -3.12. The molecule has 3 aromatic carbocycles. The summed E-state index contributed by atoms with van der Waals surface area (Å²) in [7, 11) is -3.85. The Balaban J connectivity index is 1.81. The van der Waals surface area contributed by atoms with Crippen LogP contribution in [0.5, 0.6) is 0 Å². The van der Waals surface area contributed by atoms with Gasteiger partial charge in [-0.1, -0.05) is 69.3 Å². The molecule has 0 aliphatic carbocycles. The van der Waals surface area contributed by atoms with Crippen molar-refractivity contribution in [1.29, 1.82) is 0 Å². The van der Waals surface area contributed by atoms with Gasteiger partial charge in [0.05, 0.1) is 16.6 Å². The van der Waals surface area contributed by atoms with Crippen molar-refractivity contribution in [2.75, 3.05) is 4.72 Å². The Kier molecular flexibility index (Phi) is 6.98. The predicted molar refractivity (Wildman–Crippen MR) is 134 cm³/mol. The molecule has 0 radical (unpaired) electrons. The molecule has 1 amide bonds. The van der Waals surface area contributed by atoms with Crippen LogP contribution in [0, 0.1) is 13.8 Å². The number of hydrogen-bond donors (Lipinski definition) is 2. The number of rotatable bonds is 6. The zero-order valence-electron chi connectivity index (χ0n) is 20.1. The number of amides is 1. The summed E-state index contributed by atoms with van der Waals surface area (Å²) < 4.78 is 28.8. The number of aryl methyl sites for hydroxylation is 2. The van der Waals surface area contributed by atoms with Gasteiger partial charge in [0.1, 0.15) is 0 Å². The molecule has 0 saturated carbocycles. The predicted octanol–water partition coefficient (Wildman–Crippen LogP) is 5.89. The molecule has 174 valence electrons. The molecule has 0 aromatic heterocycles.